The van der Waals surface area contributed by atoms with E-state index in [4.69, 9.17) is 27.9 Å². The number of ether oxygens (including phenoxy) is 1. The Morgan fingerprint density at radius 2 is 2.00 bits per heavy atom. The van der Waals surface area contributed by atoms with E-state index in [9.17, 15) is 14.4 Å². The second-order valence-electron chi connectivity index (χ2n) is 5.83. The number of nitrogens with one attached hydrogen (secondary N) is 1. The smallest absolute Gasteiger partial charge is 0.315 e. The second kappa shape index (κ2) is 5.39. The molecule has 122 valence electrons. The van der Waals surface area contributed by atoms with Crippen molar-refractivity contribution in [2.24, 2.45) is 5.41 Å². The van der Waals surface area contributed by atoms with E-state index in [2.05, 4.69) is 5.32 Å². The van der Waals surface area contributed by atoms with Crippen molar-refractivity contribution in [1.29, 1.82) is 0 Å². The third-order valence-corrected chi connectivity index (χ3v) is 5.21. The number of amides is 2. The standard InChI is InChI=1S/C15H14Cl2N2O4/c1-14(8-15(14,16)17)13(22)23-7-12(21)19-6-11(20)18-9-4-2-3-5-10(9)19/h2-5H,6-8H2,1H3,(H,18,20). The number of fused-ring (bicyclic) bond motifs is 1. The summed E-state index contributed by atoms with van der Waals surface area (Å²) in [6.45, 7) is 0.989. The summed E-state index contributed by atoms with van der Waals surface area (Å²) in [5.41, 5.74) is 0.112. The van der Waals surface area contributed by atoms with Gasteiger partial charge in [0.1, 0.15) is 16.3 Å². The highest BCUT2D eigenvalue weighted by molar-refractivity contribution is 6.53. The summed E-state index contributed by atoms with van der Waals surface area (Å²) in [6.07, 6.45) is 0.283. The zero-order valence-corrected chi connectivity index (χ0v) is 13.8. The SMILES string of the molecule is CC1(C(=O)OCC(=O)N2CC(=O)Nc3ccccc32)CC1(Cl)Cl. The van der Waals surface area contributed by atoms with Gasteiger partial charge in [0.15, 0.2) is 6.61 Å². The van der Waals surface area contributed by atoms with Crippen molar-refractivity contribution in [2.45, 2.75) is 17.7 Å². The van der Waals surface area contributed by atoms with Gasteiger partial charge in [0.05, 0.1) is 11.4 Å². The minimum atomic E-state index is -1.15. The molecule has 0 saturated heterocycles. The number of hydrogen-bond donors (Lipinski definition) is 1. The van der Waals surface area contributed by atoms with Gasteiger partial charge < -0.3 is 10.1 Å². The maximum Gasteiger partial charge on any atom is 0.315 e. The van der Waals surface area contributed by atoms with Crippen molar-refractivity contribution in [1.82, 2.24) is 0 Å². The van der Waals surface area contributed by atoms with Crippen LogP contribution in [0.2, 0.25) is 0 Å². The molecule has 2 aliphatic rings. The molecule has 1 N–H and O–H groups in total. The fourth-order valence-corrected chi connectivity index (χ4v) is 3.13. The molecule has 1 fully saturated rings. The Hall–Kier alpha value is -1.79. The predicted molar refractivity (Wildman–Crippen MR) is 85.5 cm³/mol. The van der Waals surface area contributed by atoms with Gasteiger partial charge in [0.2, 0.25) is 5.91 Å². The lowest BCUT2D eigenvalue weighted by Crippen LogP contribution is -2.44. The van der Waals surface area contributed by atoms with Gasteiger partial charge in [0.25, 0.3) is 5.91 Å². The average molecular weight is 357 g/mol. The third-order valence-electron chi connectivity index (χ3n) is 4.11. The fraction of sp³-hybridized carbons (Fsp3) is 0.400. The number of nitrogens with zero attached hydrogens (tertiary/aromatic N) is 1. The summed E-state index contributed by atoms with van der Waals surface area (Å²) >= 11 is 11.8. The monoisotopic (exact) mass is 356 g/mol. The van der Waals surface area contributed by atoms with E-state index in [1.54, 1.807) is 31.2 Å². The number of benzene rings is 1. The molecular formula is C15H14Cl2N2O4. The molecular weight excluding hydrogens is 343 g/mol. The molecule has 3 rings (SSSR count). The highest BCUT2D eigenvalue weighted by Crippen LogP contribution is 2.64. The first-order valence-electron chi connectivity index (χ1n) is 6.99. The lowest BCUT2D eigenvalue weighted by atomic mass is 10.1. The summed E-state index contributed by atoms with van der Waals surface area (Å²) < 4.78 is 3.89. The molecule has 0 spiro atoms. The lowest BCUT2D eigenvalue weighted by Gasteiger charge is -2.29. The summed E-state index contributed by atoms with van der Waals surface area (Å²) in [7, 11) is 0. The lowest BCUT2D eigenvalue weighted by molar-refractivity contribution is -0.153. The number of alkyl halides is 2. The van der Waals surface area contributed by atoms with Crippen LogP contribution in [0.4, 0.5) is 11.4 Å². The molecule has 1 atom stereocenters. The predicted octanol–water partition coefficient (Wildman–Crippen LogP) is 2.10. The number of para-hydroxylation sites is 2. The largest absolute Gasteiger partial charge is 0.455 e. The van der Waals surface area contributed by atoms with Crippen molar-refractivity contribution in [2.75, 3.05) is 23.4 Å². The quantitative estimate of drug-likeness (QED) is 0.664. The second-order valence-corrected chi connectivity index (χ2v) is 7.32. The maximum atomic E-state index is 12.3. The Morgan fingerprint density at radius 3 is 2.65 bits per heavy atom. The van der Waals surface area contributed by atoms with Gasteiger partial charge in [-0.2, -0.15) is 0 Å². The molecule has 1 heterocycles. The molecule has 0 aromatic heterocycles. The van der Waals surface area contributed by atoms with Gasteiger partial charge in [-0.05, 0) is 19.1 Å². The molecule has 6 nitrogen and oxygen atoms in total. The van der Waals surface area contributed by atoms with Crippen LogP contribution < -0.4 is 10.2 Å². The normalized spacial score (nSPS) is 24.5. The molecule has 1 aromatic carbocycles. The van der Waals surface area contributed by atoms with E-state index in [-0.39, 0.29) is 18.9 Å². The Balaban J connectivity index is 1.68. The number of esters is 1. The van der Waals surface area contributed by atoms with Crippen molar-refractivity contribution in [3.8, 4) is 0 Å². The zero-order chi connectivity index (χ0) is 16.8. The molecule has 1 saturated carbocycles. The van der Waals surface area contributed by atoms with Gasteiger partial charge >= 0.3 is 5.97 Å². The third kappa shape index (κ3) is 2.77. The van der Waals surface area contributed by atoms with Crippen molar-refractivity contribution >= 4 is 52.4 Å². The highest BCUT2D eigenvalue weighted by Gasteiger charge is 2.69. The van der Waals surface area contributed by atoms with Gasteiger partial charge in [0, 0.05) is 6.42 Å². The number of carbonyl (C=O) groups is 3. The van der Waals surface area contributed by atoms with Crippen molar-refractivity contribution < 1.29 is 19.1 Å². The van der Waals surface area contributed by atoms with Crippen molar-refractivity contribution in [3.63, 3.8) is 0 Å². The van der Waals surface area contributed by atoms with E-state index in [0.717, 1.165) is 0 Å². The molecule has 0 bridgehead atoms. The number of carbonyl (C=O) groups excluding carboxylic acids is 3. The highest BCUT2D eigenvalue weighted by atomic mass is 35.5. The molecule has 1 aromatic rings. The van der Waals surface area contributed by atoms with E-state index < -0.39 is 28.2 Å². The number of hydrogen-bond acceptors (Lipinski definition) is 4. The van der Waals surface area contributed by atoms with Crippen LogP contribution in [0.5, 0.6) is 0 Å². The fourth-order valence-electron chi connectivity index (χ4n) is 2.44. The first-order valence-corrected chi connectivity index (χ1v) is 7.74. The van der Waals surface area contributed by atoms with E-state index in [1.165, 1.54) is 4.90 Å². The molecule has 1 aliphatic carbocycles. The maximum absolute atomic E-state index is 12.3. The Morgan fingerprint density at radius 1 is 1.35 bits per heavy atom. The number of rotatable bonds is 3. The minimum absolute atomic E-state index is 0.125. The van der Waals surface area contributed by atoms with Crippen LogP contribution in [0.1, 0.15) is 13.3 Å². The first-order chi connectivity index (χ1) is 10.7. The minimum Gasteiger partial charge on any atom is -0.455 e. The summed E-state index contributed by atoms with van der Waals surface area (Å²) in [5.74, 6) is -1.41. The number of halogens is 2. The van der Waals surface area contributed by atoms with Gasteiger partial charge in [-0.15, -0.1) is 23.2 Å². The summed E-state index contributed by atoms with van der Waals surface area (Å²) in [6, 6.07) is 6.91. The molecule has 8 heteroatoms. The molecule has 0 radical (unpaired) electrons. The van der Waals surface area contributed by atoms with Crippen LogP contribution in [-0.2, 0) is 19.1 Å². The van der Waals surface area contributed by atoms with Crippen LogP contribution in [0.25, 0.3) is 0 Å². The zero-order valence-electron chi connectivity index (χ0n) is 12.3. The van der Waals surface area contributed by atoms with Crippen LogP contribution >= 0.6 is 23.2 Å². The van der Waals surface area contributed by atoms with Crippen molar-refractivity contribution in [3.05, 3.63) is 24.3 Å². The Kier molecular flexibility index (Phi) is 3.77. The molecule has 1 aliphatic heterocycles. The van der Waals surface area contributed by atoms with Crippen LogP contribution in [0.3, 0.4) is 0 Å². The number of anilines is 2. The van der Waals surface area contributed by atoms with Crippen LogP contribution in [-0.4, -0.2) is 35.3 Å². The summed E-state index contributed by atoms with van der Waals surface area (Å²) in [4.78, 5) is 37.3. The van der Waals surface area contributed by atoms with Gasteiger partial charge in [-0.1, -0.05) is 12.1 Å². The van der Waals surface area contributed by atoms with E-state index >= 15 is 0 Å². The van der Waals surface area contributed by atoms with Gasteiger partial charge in [-0.25, -0.2) is 0 Å². The molecule has 23 heavy (non-hydrogen) atoms. The van der Waals surface area contributed by atoms with Crippen LogP contribution in [0, 0.1) is 5.41 Å². The molecule has 2 amide bonds. The summed E-state index contributed by atoms with van der Waals surface area (Å²) in [5, 5.41) is 2.68. The molecule has 1 unspecified atom stereocenters. The van der Waals surface area contributed by atoms with Gasteiger partial charge in [-0.3, -0.25) is 19.3 Å². The van der Waals surface area contributed by atoms with E-state index in [0.29, 0.717) is 11.4 Å². The first kappa shape index (κ1) is 16.1. The average Bonchev–Trinajstić information content (AvgIpc) is 3.03. The van der Waals surface area contributed by atoms with E-state index in [1.807, 2.05) is 0 Å². The van der Waals surface area contributed by atoms with Crippen LogP contribution in [0.15, 0.2) is 24.3 Å². The Bertz CT molecular complexity index is 706. The topological polar surface area (TPSA) is 75.7 Å². The Labute approximate surface area is 142 Å².